The number of carboxylic acid groups (broad SMARTS) is 1. The molecule has 5 heteroatoms. The highest BCUT2D eigenvalue weighted by atomic mass is 19.1. The van der Waals surface area contributed by atoms with Crippen LogP contribution in [0.15, 0.2) is 18.2 Å². The number of carbonyl (C=O) groups is 1. The zero-order valence-electron chi connectivity index (χ0n) is 10.5. The van der Waals surface area contributed by atoms with Crippen molar-refractivity contribution < 1.29 is 19.4 Å². The van der Waals surface area contributed by atoms with Crippen LogP contribution in [-0.2, 0) is 4.79 Å². The van der Waals surface area contributed by atoms with E-state index in [4.69, 9.17) is 5.11 Å². The van der Waals surface area contributed by atoms with Gasteiger partial charge in [0.15, 0.2) is 0 Å². The van der Waals surface area contributed by atoms with Crippen LogP contribution in [0.3, 0.4) is 0 Å². The molecule has 18 heavy (non-hydrogen) atoms. The van der Waals surface area contributed by atoms with Crippen LogP contribution in [0.25, 0.3) is 0 Å². The third-order valence-electron chi connectivity index (χ3n) is 2.83. The normalized spacial score (nSPS) is 14.2. The summed E-state index contributed by atoms with van der Waals surface area (Å²) in [6.45, 7) is 3.49. The highest BCUT2D eigenvalue weighted by molar-refractivity contribution is 5.73. The molecule has 0 radical (unpaired) electrons. The van der Waals surface area contributed by atoms with Gasteiger partial charge in [0, 0.05) is 6.54 Å². The first kappa shape index (κ1) is 14.6. The summed E-state index contributed by atoms with van der Waals surface area (Å²) >= 11 is 0. The van der Waals surface area contributed by atoms with Gasteiger partial charge in [-0.25, -0.2) is 4.39 Å². The molecule has 0 spiro atoms. The maximum Gasteiger partial charge on any atom is 0.320 e. The number of aliphatic carboxylic acids is 1. The number of nitrogens with one attached hydrogen (secondary N) is 1. The zero-order chi connectivity index (χ0) is 13.7. The Morgan fingerprint density at radius 2 is 2.17 bits per heavy atom. The van der Waals surface area contributed by atoms with Crippen LogP contribution < -0.4 is 5.32 Å². The van der Waals surface area contributed by atoms with Gasteiger partial charge >= 0.3 is 5.97 Å². The van der Waals surface area contributed by atoms with Crippen LogP contribution in [0.5, 0.6) is 0 Å². The molecule has 0 bridgehead atoms. The molecule has 0 amide bonds. The lowest BCUT2D eigenvalue weighted by atomic mass is 10.1. The van der Waals surface area contributed by atoms with Gasteiger partial charge in [-0.3, -0.25) is 4.79 Å². The van der Waals surface area contributed by atoms with E-state index in [0.717, 1.165) is 0 Å². The van der Waals surface area contributed by atoms with Crippen molar-refractivity contribution in [3.05, 3.63) is 35.1 Å². The molecule has 0 heterocycles. The molecule has 1 aromatic rings. The summed E-state index contributed by atoms with van der Waals surface area (Å²) in [7, 11) is 0. The average Bonchev–Trinajstić information content (AvgIpc) is 2.32. The number of aryl methyl sites for hydroxylation is 1. The lowest BCUT2D eigenvalue weighted by Crippen LogP contribution is -2.38. The Hall–Kier alpha value is -1.46. The minimum atomic E-state index is -0.944. The van der Waals surface area contributed by atoms with E-state index in [1.54, 1.807) is 19.9 Å². The Morgan fingerprint density at radius 1 is 1.50 bits per heavy atom. The second-order valence-electron chi connectivity index (χ2n) is 4.23. The van der Waals surface area contributed by atoms with E-state index in [0.29, 0.717) is 17.5 Å². The van der Waals surface area contributed by atoms with Crippen LogP contribution in [0.4, 0.5) is 4.39 Å². The van der Waals surface area contributed by atoms with E-state index in [2.05, 4.69) is 5.32 Å². The lowest BCUT2D eigenvalue weighted by molar-refractivity contribution is -0.139. The van der Waals surface area contributed by atoms with E-state index in [9.17, 15) is 14.3 Å². The number of carboxylic acids is 1. The van der Waals surface area contributed by atoms with Crippen molar-refractivity contribution in [2.24, 2.45) is 0 Å². The highest BCUT2D eigenvalue weighted by Gasteiger charge is 2.16. The molecule has 2 atom stereocenters. The monoisotopic (exact) mass is 255 g/mol. The maximum atomic E-state index is 13.1. The number of benzene rings is 1. The SMILES string of the molecule is CCC(NCC(O)c1ccc(F)c(C)c1)C(=O)O. The van der Waals surface area contributed by atoms with Crippen molar-refractivity contribution in [2.45, 2.75) is 32.4 Å². The largest absolute Gasteiger partial charge is 0.480 e. The molecule has 0 aliphatic rings. The third kappa shape index (κ3) is 3.78. The molecule has 100 valence electrons. The van der Waals surface area contributed by atoms with Gasteiger partial charge in [-0.2, -0.15) is 0 Å². The minimum Gasteiger partial charge on any atom is -0.480 e. The average molecular weight is 255 g/mol. The number of hydrogen-bond acceptors (Lipinski definition) is 3. The van der Waals surface area contributed by atoms with Gasteiger partial charge in [-0.1, -0.05) is 19.1 Å². The van der Waals surface area contributed by atoms with Crippen molar-refractivity contribution in [3.63, 3.8) is 0 Å². The predicted octanol–water partition coefficient (Wildman–Crippen LogP) is 1.62. The maximum absolute atomic E-state index is 13.1. The van der Waals surface area contributed by atoms with E-state index < -0.39 is 18.1 Å². The first-order valence-corrected chi connectivity index (χ1v) is 5.86. The molecule has 0 saturated heterocycles. The van der Waals surface area contributed by atoms with Gasteiger partial charge in [0.2, 0.25) is 0 Å². The zero-order valence-corrected chi connectivity index (χ0v) is 10.5. The molecule has 0 fully saturated rings. The highest BCUT2D eigenvalue weighted by Crippen LogP contribution is 2.16. The van der Waals surface area contributed by atoms with E-state index in [1.807, 2.05) is 0 Å². The number of aliphatic hydroxyl groups is 1. The fraction of sp³-hybridized carbons (Fsp3) is 0.462. The number of rotatable bonds is 6. The molecule has 4 nitrogen and oxygen atoms in total. The Kier molecular flexibility index (Phi) is 5.25. The molecule has 1 aromatic carbocycles. The van der Waals surface area contributed by atoms with Gasteiger partial charge in [0.25, 0.3) is 0 Å². The lowest BCUT2D eigenvalue weighted by Gasteiger charge is -2.16. The molecular weight excluding hydrogens is 237 g/mol. The van der Waals surface area contributed by atoms with Gasteiger partial charge < -0.3 is 15.5 Å². The first-order chi connectivity index (χ1) is 8.45. The van der Waals surface area contributed by atoms with Gasteiger partial charge in [0.1, 0.15) is 11.9 Å². The summed E-state index contributed by atoms with van der Waals surface area (Å²) in [4.78, 5) is 10.8. The second kappa shape index (κ2) is 6.47. The molecule has 1 rings (SSSR count). The van der Waals surface area contributed by atoms with Crippen molar-refractivity contribution >= 4 is 5.97 Å². The molecule has 0 aliphatic carbocycles. The molecule has 2 unspecified atom stereocenters. The van der Waals surface area contributed by atoms with Crippen LogP contribution in [0.1, 0.15) is 30.6 Å². The fourth-order valence-electron chi connectivity index (χ4n) is 1.65. The van der Waals surface area contributed by atoms with Gasteiger partial charge in [0.05, 0.1) is 6.10 Å². The molecule has 0 aromatic heterocycles. The van der Waals surface area contributed by atoms with E-state index in [-0.39, 0.29) is 12.4 Å². The first-order valence-electron chi connectivity index (χ1n) is 5.86. The van der Waals surface area contributed by atoms with Gasteiger partial charge in [-0.15, -0.1) is 0 Å². The summed E-state index contributed by atoms with van der Waals surface area (Å²) < 4.78 is 13.1. The number of halogens is 1. The molecule has 0 aliphatic heterocycles. The second-order valence-corrected chi connectivity index (χ2v) is 4.23. The Morgan fingerprint density at radius 3 is 2.67 bits per heavy atom. The van der Waals surface area contributed by atoms with Crippen molar-refractivity contribution in [1.82, 2.24) is 5.32 Å². The number of hydrogen-bond donors (Lipinski definition) is 3. The summed E-state index contributed by atoms with van der Waals surface area (Å²) in [6, 6.07) is 3.67. The van der Waals surface area contributed by atoms with Crippen molar-refractivity contribution in [2.75, 3.05) is 6.54 Å². The summed E-state index contributed by atoms with van der Waals surface area (Å²) in [5.74, 6) is -1.27. The predicted molar refractivity (Wildman–Crippen MR) is 65.8 cm³/mol. The Balaban J connectivity index is 2.62. The summed E-state index contributed by atoms with van der Waals surface area (Å²) in [5, 5.41) is 21.5. The molecular formula is C13H18FNO3. The van der Waals surface area contributed by atoms with E-state index in [1.165, 1.54) is 12.1 Å². The summed E-state index contributed by atoms with van der Waals surface area (Å²) in [6.07, 6.45) is -0.414. The minimum absolute atomic E-state index is 0.121. The Labute approximate surface area is 105 Å². The van der Waals surface area contributed by atoms with Gasteiger partial charge in [-0.05, 0) is 30.5 Å². The van der Waals surface area contributed by atoms with Crippen LogP contribution in [0, 0.1) is 12.7 Å². The number of aliphatic hydroxyl groups excluding tert-OH is 1. The summed E-state index contributed by atoms with van der Waals surface area (Å²) in [5.41, 5.74) is 1.03. The van der Waals surface area contributed by atoms with Crippen LogP contribution in [0.2, 0.25) is 0 Å². The molecule has 0 saturated carbocycles. The van der Waals surface area contributed by atoms with Crippen LogP contribution >= 0.6 is 0 Å². The topological polar surface area (TPSA) is 69.6 Å². The van der Waals surface area contributed by atoms with Crippen molar-refractivity contribution in [3.8, 4) is 0 Å². The quantitative estimate of drug-likeness (QED) is 0.722. The van der Waals surface area contributed by atoms with E-state index >= 15 is 0 Å². The third-order valence-corrected chi connectivity index (χ3v) is 2.83. The van der Waals surface area contributed by atoms with Crippen molar-refractivity contribution in [1.29, 1.82) is 0 Å². The fourth-order valence-corrected chi connectivity index (χ4v) is 1.65. The standard InChI is InChI=1S/C13H18FNO3/c1-3-11(13(17)18)15-7-12(16)9-4-5-10(14)8(2)6-9/h4-6,11-12,15-16H,3,7H2,1-2H3,(H,17,18). The smallest absolute Gasteiger partial charge is 0.320 e. The van der Waals surface area contributed by atoms with Crippen LogP contribution in [-0.4, -0.2) is 28.8 Å². The Bertz CT molecular complexity index is 423. The molecule has 3 N–H and O–H groups in total.